The third-order valence-electron chi connectivity index (χ3n) is 4.58. The third kappa shape index (κ3) is 8.07. The molecule has 0 bridgehead atoms. The monoisotopic (exact) mass is 462 g/mol. The van der Waals surface area contributed by atoms with Gasteiger partial charge < -0.3 is 14.8 Å². The van der Waals surface area contributed by atoms with Gasteiger partial charge in [0.15, 0.2) is 0 Å². The molecule has 0 fully saturated rings. The minimum Gasteiger partial charge on any atom is -0.492 e. The molecule has 0 aliphatic carbocycles. The smallest absolute Gasteiger partial charge is 0.240 e. The molecular weight excluding hydrogens is 428 g/mol. The second-order valence-electron chi connectivity index (χ2n) is 8.91. The highest BCUT2D eigenvalue weighted by Crippen LogP contribution is 2.25. The molecule has 0 heterocycles. The van der Waals surface area contributed by atoms with E-state index in [1.807, 2.05) is 38.1 Å². The van der Waals surface area contributed by atoms with Gasteiger partial charge in [-0.25, -0.2) is 8.42 Å². The molecule has 8 heteroatoms. The highest BCUT2D eigenvalue weighted by Gasteiger charge is 2.21. The number of sulfonamides is 1. The Morgan fingerprint density at radius 2 is 1.72 bits per heavy atom. The summed E-state index contributed by atoms with van der Waals surface area (Å²) in [6.07, 6.45) is 1.02. The fourth-order valence-corrected chi connectivity index (χ4v) is 3.83. The highest BCUT2D eigenvalue weighted by molar-refractivity contribution is 7.92. The minimum atomic E-state index is -3.66. The Hall–Kier alpha value is -2.74. The second kappa shape index (κ2) is 10.7. The summed E-state index contributed by atoms with van der Waals surface area (Å²) in [5, 5.41) is 2.71. The summed E-state index contributed by atoms with van der Waals surface area (Å²) in [6, 6.07) is 14.5. The molecule has 2 aromatic carbocycles. The molecule has 2 rings (SSSR count). The van der Waals surface area contributed by atoms with Gasteiger partial charge in [0.05, 0.1) is 24.6 Å². The topological polar surface area (TPSA) is 84.9 Å². The van der Waals surface area contributed by atoms with E-state index in [0.29, 0.717) is 17.2 Å². The largest absolute Gasteiger partial charge is 0.492 e. The molecule has 7 nitrogen and oxygen atoms in total. The number of rotatable bonds is 10. The number of hydrogen-bond acceptors (Lipinski definition) is 5. The van der Waals surface area contributed by atoms with Crippen molar-refractivity contribution in [2.75, 3.05) is 30.3 Å². The molecule has 0 aliphatic heterocycles. The fourth-order valence-electron chi connectivity index (χ4n) is 2.98. The third-order valence-corrected chi connectivity index (χ3v) is 5.72. The normalized spacial score (nSPS) is 11.8. The predicted molar refractivity (Wildman–Crippen MR) is 128 cm³/mol. The first kappa shape index (κ1) is 25.5. The first-order chi connectivity index (χ1) is 14.9. The number of nitrogens with one attached hydrogen (secondary N) is 1. The Morgan fingerprint density at radius 3 is 2.28 bits per heavy atom. The summed E-state index contributed by atoms with van der Waals surface area (Å²) >= 11 is 0. The van der Waals surface area contributed by atoms with Crippen LogP contribution >= 0.6 is 0 Å². The number of carbonyl (C=O) groups excluding carboxylic acids is 1. The van der Waals surface area contributed by atoms with E-state index in [1.165, 1.54) is 5.56 Å². The van der Waals surface area contributed by atoms with Crippen LogP contribution in [0.1, 0.15) is 40.2 Å². The molecule has 0 aliphatic rings. The van der Waals surface area contributed by atoms with Gasteiger partial charge in [0, 0.05) is 6.07 Å². The molecule has 32 heavy (non-hydrogen) atoms. The van der Waals surface area contributed by atoms with Crippen LogP contribution in [-0.2, 0) is 20.2 Å². The first-order valence-electron chi connectivity index (χ1n) is 10.6. The summed E-state index contributed by atoms with van der Waals surface area (Å²) in [5.41, 5.74) is 1.65. The van der Waals surface area contributed by atoms with Gasteiger partial charge in [-0.3, -0.25) is 9.10 Å². The number of anilines is 1. The Morgan fingerprint density at radius 1 is 1.06 bits per heavy atom. The molecule has 0 spiro atoms. The molecule has 176 valence electrons. The predicted octanol–water partition coefficient (Wildman–Crippen LogP) is 3.73. The highest BCUT2D eigenvalue weighted by atomic mass is 32.2. The average molecular weight is 463 g/mol. The van der Waals surface area contributed by atoms with Gasteiger partial charge in [-0.15, -0.1) is 0 Å². The van der Waals surface area contributed by atoms with E-state index in [-0.39, 0.29) is 31.2 Å². The number of carbonyl (C=O) groups is 1. The van der Waals surface area contributed by atoms with Crippen LogP contribution in [-0.4, -0.2) is 46.4 Å². The molecule has 0 atom stereocenters. The lowest BCUT2D eigenvalue weighted by molar-refractivity contribution is -0.119. The number of amides is 1. The molecule has 0 radical (unpaired) electrons. The molecule has 1 amide bonds. The summed E-state index contributed by atoms with van der Waals surface area (Å²) in [4.78, 5) is 12.4. The first-order valence-corrected chi connectivity index (χ1v) is 12.5. The second-order valence-corrected chi connectivity index (χ2v) is 10.8. The van der Waals surface area contributed by atoms with Crippen molar-refractivity contribution in [3.05, 3.63) is 54.1 Å². The van der Waals surface area contributed by atoms with E-state index in [2.05, 4.69) is 26.1 Å². The summed E-state index contributed by atoms with van der Waals surface area (Å²) in [5.74, 6) is 0.835. The number of benzene rings is 2. The van der Waals surface area contributed by atoms with Crippen LogP contribution in [0.4, 0.5) is 5.69 Å². The van der Waals surface area contributed by atoms with Crippen molar-refractivity contribution >= 4 is 21.6 Å². The van der Waals surface area contributed by atoms with Crippen LogP contribution in [0.3, 0.4) is 0 Å². The van der Waals surface area contributed by atoms with Crippen LogP contribution in [0.25, 0.3) is 0 Å². The lowest BCUT2D eigenvalue weighted by Gasteiger charge is -2.23. The van der Waals surface area contributed by atoms with E-state index in [0.717, 1.165) is 10.6 Å². The van der Waals surface area contributed by atoms with Gasteiger partial charge in [-0.2, -0.15) is 0 Å². The Labute approximate surface area is 191 Å². The van der Waals surface area contributed by atoms with Crippen molar-refractivity contribution in [2.24, 2.45) is 0 Å². The Balaban J connectivity index is 1.92. The quantitative estimate of drug-likeness (QED) is 0.544. The van der Waals surface area contributed by atoms with Crippen molar-refractivity contribution < 1.29 is 22.7 Å². The van der Waals surface area contributed by atoms with E-state index in [9.17, 15) is 13.2 Å². The number of ether oxygens (including phenoxy) is 2. The number of nitrogens with zero attached hydrogens (tertiary/aromatic N) is 1. The van der Waals surface area contributed by atoms with Crippen molar-refractivity contribution in [3.63, 3.8) is 0 Å². The molecule has 1 N–H and O–H groups in total. The minimum absolute atomic E-state index is 0.0510. The van der Waals surface area contributed by atoms with Gasteiger partial charge >= 0.3 is 0 Å². The zero-order chi connectivity index (χ0) is 23.9. The fraction of sp³-hybridized carbons (Fsp3) is 0.458. The van der Waals surface area contributed by atoms with Crippen molar-refractivity contribution in [2.45, 2.75) is 46.1 Å². The van der Waals surface area contributed by atoms with Crippen molar-refractivity contribution in [3.8, 4) is 11.5 Å². The lowest BCUT2D eigenvalue weighted by atomic mass is 9.87. The van der Waals surface area contributed by atoms with Crippen molar-refractivity contribution in [1.82, 2.24) is 5.32 Å². The van der Waals surface area contributed by atoms with Gasteiger partial charge in [-0.1, -0.05) is 39.0 Å². The maximum atomic E-state index is 12.4. The van der Waals surface area contributed by atoms with Crippen LogP contribution in [0.5, 0.6) is 11.5 Å². The maximum absolute atomic E-state index is 12.4. The lowest BCUT2D eigenvalue weighted by Crippen LogP contribution is -2.41. The van der Waals surface area contributed by atoms with Gasteiger partial charge in [-0.05, 0) is 49.1 Å². The van der Waals surface area contributed by atoms with Crippen LogP contribution in [0, 0.1) is 0 Å². The van der Waals surface area contributed by atoms with E-state index in [4.69, 9.17) is 9.47 Å². The van der Waals surface area contributed by atoms with Gasteiger partial charge in [0.2, 0.25) is 15.9 Å². The van der Waals surface area contributed by atoms with Gasteiger partial charge in [0.1, 0.15) is 24.7 Å². The van der Waals surface area contributed by atoms with Gasteiger partial charge in [0.25, 0.3) is 0 Å². The molecule has 0 saturated heterocycles. The SMILES string of the molecule is CC(C)Oc1cccc(N(CC(=O)NCCOc2ccc(C(C)(C)C)cc2)S(C)(=O)=O)c1. The van der Waals surface area contributed by atoms with Crippen LogP contribution < -0.4 is 19.1 Å². The molecule has 0 aromatic heterocycles. The van der Waals surface area contributed by atoms with Crippen LogP contribution in [0.15, 0.2) is 48.5 Å². The zero-order valence-corrected chi connectivity index (χ0v) is 20.5. The molecule has 2 aromatic rings. The van der Waals surface area contributed by atoms with Crippen molar-refractivity contribution in [1.29, 1.82) is 0 Å². The summed E-state index contributed by atoms with van der Waals surface area (Å²) in [7, 11) is -3.66. The molecule has 0 unspecified atom stereocenters. The number of hydrogen-bond donors (Lipinski definition) is 1. The summed E-state index contributed by atoms with van der Waals surface area (Å²) < 4.78 is 36.9. The molecule has 0 saturated carbocycles. The zero-order valence-electron chi connectivity index (χ0n) is 19.7. The Bertz CT molecular complexity index is 996. The summed E-state index contributed by atoms with van der Waals surface area (Å²) in [6.45, 7) is 10.4. The molecular formula is C24H34N2O5S. The Kier molecular flexibility index (Phi) is 8.55. The van der Waals surface area contributed by atoms with E-state index >= 15 is 0 Å². The maximum Gasteiger partial charge on any atom is 0.240 e. The standard InChI is InChI=1S/C24H34N2O5S/c1-18(2)31-22-9-7-8-20(16-22)26(32(6,28)29)17-23(27)25-14-15-30-21-12-10-19(11-13-21)24(3,4)5/h7-13,16,18H,14-15,17H2,1-6H3,(H,25,27). The average Bonchev–Trinajstić information content (AvgIpc) is 2.68. The van der Waals surface area contributed by atoms with Crippen LogP contribution in [0.2, 0.25) is 0 Å². The van der Waals surface area contributed by atoms with E-state index < -0.39 is 15.9 Å². The van der Waals surface area contributed by atoms with E-state index in [1.54, 1.807) is 24.3 Å².